The summed E-state index contributed by atoms with van der Waals surface area (Å²) in [5.41, 5.74) is 4.46. The van der Waals surface area contributed by atoms with Crippen LogP contribution in [-0.2, 0) is 19.4 Å². The van der Waals surface area contributed by atoms with Crippen LogP contribution in [0.25, 0.3) is 33.5 Å². The molecule has 4 aromatic rings. The van der Waals surface area contributed by atoms with Crippen LogP contribution in [0, 0.1) is 5.92 Å². The third-order valence-corrected chi connectivity index (χ3v) is 8.17. The highest BCUT2D eigenvalue weighted by molar-refractivity contribution is 7.90. The SMILES string of the molecule is CCOC(=O)C1CCC(Oc2nc3nc(-c4ccc(-c5ccc(S(C)(=O)=O)cc5)cc4)c(Cl)cc3[nH]2)CC1. The largest absolute Gasteiger partial charge is 0.466 e. The summed E-state index contributed by atoms with van der Waals surface area (Å²) < 4.78 is 34.6. The number of carbonyl (C=O) groups is 1. The van der Waals surface area contributed by atoms with Gasteiger partial charge in [-0.05, 0) is 61.9 Å². The van der Waals surface area contributed by atoms with Gasteiger partial charge in [-0.1, -0.05) is 48.0 Å². The second-order valence-corrected chi connectivity index (χ2v) is 11.9. The van der Waals surface area contributed by atoms with Crippen molar-refractivity contribution in [2.24, 2.45) is 5.92 Å². The molecule has 2 aromatic carbocycles. The minimum atomic E-state index is -3.24. The van der Waals surface area contributed by atoms with Gasteiger partial charge in [-0.2, -0.15) is 4.98 Å². The van der Waals surface area contributed by atoms with Gasteiger partial charge < -0.3 is 14.5 Å². The van der Waals surface area contributed by atoms with Gasteiger partial charge in [0.1, 0.15) is 6.10 Å². The number of fused-ring (bicyclic) bond motifs is 1. The Hall–Kier alpha value is -3.43. The van der Waals surface area contributed by atoms with Crippen LogP contribution < -0.4 is 4.74 Å². The third kappa shape index (κ3) is 5.68. The van der Waals surface area contributed by atoms with Gasteiger partial charge >= 0.3 is 5.97 Å². The fourth-order valence-corrected chi connectivity index (χ4v) is 5.59. The molecule has 0 spiro atoms. The van der Waals surface area contributed by atoms with E-state index in [1.54, 1.807) is 30.3 Å². The molecule has 10 heteroatoms. The number of esters is 1. The van der Waals surface area contributed by atoms with Gasteiger partial charge in [0.25, 0.3) is 6.01 Å². The summed E-state index contributed by atoms with van der Waals surface area (Å²) in [5.74, 6) is -0.189. The van der Waals surface area contributed by atoms with E-state index in [1.165, 1.54) is 6.26 Å². The Morgan fingerprint density at radius 3 is 2.18 bits per heavy atom. The Balaban J connectivity index is 1.30. The monoisotopic (exact) mass is 553 g/mol. The van der Waals surface area contributed by atoms with Crippen molar-refractivity contribution in [1.29, 1.82) is 0 Å². The van der Waals surface area contributed by atoms with Crippen LogP contribution in [0.3, 0.4) is 0 Å². The van der Waals surface area contributed by atoms with Crippen LogP contribution in [0.4, 0.5) is 0 Å². The zero-order valence-corrected chi connectivity index (χ0v) is 22.7. The maximum atomic E-state index is 12.0. The predicted octanol–water partition coefficient (Wildman–Crippen LogP) is 5.85. The lowest BCUT2D eigenvalue weighted by atomic mass is 9.87. The molecule has 2 aromatic heterocycles. The number of carbonyl (C=O) groups excluding carboxylic acids is 1. The molecule has 0 radical (unpaired) electrons. The van der Waals surface area contributed by atoms with Crippen LogP contribution in [0.15, 0.2) is 59.5 Å². The molecule has 1 fully saturated rings. The number of ether oxygens (including phenoxy) is 2. The number of rotatable bonds is 7. The maximum absolute atomic E-state index is 12.0. The fraction of sp³-hybridized carbons (Fsp3) is 0.321. The number of halogens is 1. The number of aromatic amines is 1. The first kappa shape index (κ1) is 26.2. The zero-order valence-electron chi connectivity index (χ0n) is 21.1. The van der Waals surface area contributed by atoms with Crippen LogP contribution in [0.2, 0.25) is 5.02 Å². The van der Waals surface area contributed by atoms with Crippen LogP contribution in [-0.4, -0.2) is 48.3 Å². The van der Waals surface area contributed by atoms with Crippen molar-refractivity contribution in [2.75, 3.05) is 12.9 Å². The summed E-state index contributed by atoms with van der Waals surface area (Å²) in [6.45, 7) is 2.22. The summed E-state index contributed by atoms with van der Waals surface area (Å²) >= 11 is 6.58. The Morgan fingerprint density at radius 1 is 0.974 bits per heavy atom. The first-order chi connectivity index (χ1) is 18.2. The van der Waals surface area contributed by atoms with Gasteiger partial charge in [-0.3, -0.25) is 4.79 Å². The van der Waals surface area contributed by atoms with Gasteiger partial charge in [-0.15, -0.1) is 0 Å². The molecule has 1 saturated carbocycles. The van der Waals surface area contributed by atoms with E-state index in [1.807, 2.05) is 31.2 Å². The summed E-state index contributed by atoms with van der Waals surface area (Å²) in [5, 5.41) is 0.480. The van der Waals surface area contributed by atoms with E-state index in [2.05, 4.69) is 15.0 Å². The van der Waals surface area contributed by atoms with Gasteiger partial charge in [0.2, 0.25) is 0 Å². The van der Waals surface area contributed by atoms with Crippen LogP contribution in [0.5, 0.6) is 6.01 Å². The molecule has 8 nitrogen and oxygen atoms in total. The number of benzene rings is 2. The summed E-state index contributed by atoms with van der Waals surface area (Å²) in [4.78, 5) is 24.6. The number of nitrogens with zero attached hydrogens (tertiary/aromatic N) is 2. The van der Waals surface area contributed by atoms with Crippen LogP contribution in [0.1, 0.15) is 32.6 Å². The molecule has 1 aliphatic carbocycles. The topological polar surface area (TPSA) is 111 Å². The van der Waals surface area contributed by atoms with Crippen molar-refractivity contribution in [3.05, 3.63) is 59.6 Å². The number of hydrogen-bond acceptors (Lipinski definition) is 7. The quantitative estimate of drug-likeness (QED) is 0.286. The average Bonchev–Trinajstić information content (AvgIpc) is 3.29. The number of nitrogens with one attached hydrogen (secondary N) is 1. The molecule has 2 heterocycles. The predicted molar refractivity (Wildman–Crippen MR) is 146 cm³/mol. The Bertz CT molecular complexity index is 1560. The number of sulfone groups is 1. The second kappa shape index (κ2) is 10.7. The van der Waals surface area contributed by atoms with Crippen molar-refractivity contribution in [3.8, 4) is 28.4 Å². The number of pyridine rings is 1. The molecule has 0 bridgehead atoms. The van der Waals surface area contributed by atoms with Crippen molar-refractivity contribution in [3.63, 3.8) is 0 Å². The van der Waals surface area contributed by atoms with Crippen molar-refractivity contribution in [1.82, 2.24) is 15.0 Å². The van der Waals surface area contributed by atoms with E-state index >= 15 is 0 Å². The van der Waals surface area contributed by atoms with Crippen LogP contribution >= 0.6 is 11.6 Å². The van der Waals surface area contributed by atoms with Gasteiger partial charge in [0, 0.05) is 11.8 Å². The first-order valence-corrected chi connectivity index (χ1v) is 14.8. The van der Waals surface area contributed by atoms with Gasteiger partial charge in [-0.25, -0.2) is 13.4 Å². The van der Waals surface area contributed by atoms with Crippen molar-refractivity contribution in [2.45, 2.75) is 43.6 Å². The average molecular weight is 554 g/mol. The van der Waals surface area contributed by atoms with Crippen molar-refractivity contribution >= 4 is 38.6 Å². The molecule has 198 valence electrons. The number of hydrogen-bond donors (Lipinski definition) is 1. The van der Waals surface area contributed by atoms with E-state index in [0.717, 1.165) is 42.4 Å². The highest BCUT2D eigenvalue weighted by Crippen LogP contribution is 2.33. The van der Waals surface area contributed by atoms with E-state index < -0.39 is 9.84 Å². The lowest BCUT2D eigenvalue weighted by Gasteiger charge is -2.26. The highest BCUT2D eigenvalue weighted by Gasteiger charge is 2.28. The number of imidazole rings is 1. The van der Waals surface area contributed by atoms with E-state index in [-0.39, 0.29) is 22.9 Å². The lowest BCUT2D eigenvalue weighted by Crippen LogP contribution is -2.29. The van der Waals surface area contributed by atoms with E-state index in [0.29, 0.717) is 34.5 Å². The minimum Gasteiger partial charge on any atom is -0.466 e. The molecule has 0 aliphatic heterocycles. The lowest BCUT2D eigenvalue weighted by molar-refractivity contribution is -0.149. The van der Waals surface area contributed by atoms with Crippen molar-refractivity contribution < 1.29 is 22.7 Å². The zero-order chi connectivity index (χ0) is 26.9. The Kier molecular flexibility index (Phi) is 7.40. The standard InChI is InChI=1S/C28H28ClN3O5S/c1-3-36-27(33)20-8-12-21(13-9-20)37-28-30-24-16-23(29)25(31-26(24)32-28)19-6-4-17(5-7-19)18-10-14-22(15-11-18)38(2,34)35/h4-7,10-11,14-16,20-21H,3,8-9,12-13H2,1-2H3,(H,30,31,32). The molecule has 0 atom stereocenters. The summed E-state index contributed by atoms with van der Waals surface area (Å²) in [6.07, 6.45) is 4.13. The number of aromatic nitrogens is 3. The third-order valence-electron chi connectivity index (χ3n) is 6.75. The highest BCUT2D eigenvalue weighted by atomic mass is 35.5. The van der Waals surface area contributed by atoms with E-state index in [9.17, 15) is 13.2 Å². The molecular weight excluding hydrogens is 526 g/mol. The number of H-pyrrole nitrogens is 1. The molecule has 0 unspecified atom stereocenters. The summed E-state index contributed by atoms with van der Waals surface area (Å²) in [7, 11) is -3.24. The molecule has 1 aliphatic rings. The molecule has 38 heavy (non-hydrogen) atoms. The van der Waals surface area contributed by atoms with Gasteiger partial charge in [0.05, 0.1) is 33.7 Å². The Labute approximate surface area is 226 Å². The molecule has 1 N–H and O–H groups in total. The molecular formula is C28H28ClN3O5S. The molecule has 5 rings (SSSR count). The van der Waals surface area contributed by atoms with Gasteiger partial charge in [0.15, 0.2) is 15.5 Å². The minimum absolute atomic E-state index is 0.0322. The Morgan fingerprint density at radius 2 is 1.58 bits per heavy atom. The molecule has 0 amide bonds. The first-order valence-electron chi connectivity index (χ1n) is 12.5. The maximum Gasteiger partial charge on any atom is 0.308 e. The molecule has 0 saturated heterocycles. The summed E-state index contributed by atoms with van der Waals surface area (Å²) in [6, 6.07) is 16.7. The smallest absolute Gasteiger partial charge is 0.308 e. The fourth-order valence-electron chi connectivity index (χ4n) is 4.70. The second-order valence-electron chi connectivity index (χ2n) is 9.45. The normalized spacial score (nSPS) is 17.9. The van der Waals surface area contributed by atoms with E-state index in [4.69, 9.17) is 21.1 Å².